The van der Waals surface area contributed by atoms with Gasteiger partial charge in [0, 0.05) is 28.9 Å². The zero-order chi connectivity index (χ0) is 19.9. The summed E-state index contributed by atoms with van der Waals surface area (Å²) in [4.78, 5) is 16.5. The van der Waals surface area contributed by atoms with Gasteiger partial charge >= 0.3 is 5.97 Å². The molecule has 0 aliphatic heterocycles. The Hall–Kier alpha value is -3.14. The summed E-state index contributed by atoms with van der Waals surface area (Å²) in [6, 6.07) is 19.6. The van der Waals surface area contributed by atoms with Crippen molar-refractivity contribution in [3.63, 3.8) is 0 Å². The second kappa shape index (κ2) is 9.18. The summed E-state index contributed by atoms with van der Waals surface area (Å²) in [6.07, 6.45) is 3.76. The summed E-state index contributed by atoms with van der Waals surface area (Å²) < 4.78 is 7.45. The number of hydrogen-bond acceptors (Lipinski definition) is 3. The van der Waals surface area contributed by atoms with E-state index >= 15 is 0 Å². The first kappa shape index (κ1) is 19.6. The Labute approximate surface area is 166 Å². The molecule has 0 N–H and O–H groups in total. The standard InChI is InChI=1S/C24H26N2O2/c1-4-5-15-28-24(27)20-11-13-22(14-12-20)25-17-21-16-18(2)26(19(21)3)23-9-7-6-8-10-23/h6-14,16-17H,4-5,15H2,1-3H3. The van der Waals surface area contributed by atoms with Crippen molar-refractivity contribution in [3.05, 3.63) is 83.2 Å². The van der Waals surface area contributed by atoms with Crippen molar-refractivity contribution in [3.8, 4) is 5.69 Å². The third-order valence-corrected chi connectivity index (χ3v) is 4.67. The number of para-hydroxylation sites is 1. The van der Waals surface area contributed by atoms with Gasteiger partial charge in [-0.2, -0.15) is 0 Å². The molecule has 28 heavy (non-hydrogen) atoms. The first-order valence-electron chi connectivity index (χ1n) is 9.65. The highest BCUT2D eigenvalue weighted by atomic mass is 16.5. The molecule has 4 heteroatoms. The van der Waals surface area contributed by atoms with E-state index in [-0.39, 0.29) is 5.97 Å². The number of hydrogen-bond donors (Lipinski definition) is 0. The van der Waals surface area contributed by atoms with E-state index in [1.165, 1.54) is 0 Å². The smallest absolute Gasteiger partial charge is 0.338 e. The molecule has 1 aromatic heterocycles. The minimum Gasteiger partial charge on any atom is -0.462 e. The highest BCUT2D eigenvalue weighted by Gasteiger charge is 2.09. The average Bonchev–Trinajstić information content (AvgIpc) is 3.00. The van der Waals surface area contributed by atoms with E-state index < -0.39 is 0 Å². The van der Waals surface area contributed by atoms with Gasteiger partial charge in [0.2, 0.25) is 0 Å². The molecule has 0 saturated heterocycles. The van der Waals surface area contributed by atoms with Crippen molar-refractivity contribution in [2.45, 2.75) is 33.6 Å². The number of carbonyl (C=O) groups excluding carboxylic acids is 1. The third kappa shape index (κ3) is 4.58. The van der Waals surface area contributed by atoms with Crippen LogP contribution in [0.4, 0.5) is 5.69 Å². The Morgan fingerprint density at radius 2 is 1.79 bits per heavy atom. The number of nitrogens with zero attached hydrogens (tertiary/aromatic N) is 2. The molecule has 3 rings (SSSR count). The molecule has 4 nitrogen and oxygen atoms in total. The molecule has 0 amide bonds. The minimum absolute atomic E-state index is 0.282. The first-order valence-corrected chi connectivity index (χ1v) is 9.65. The summed E-state index contributed by atoms with van der Waals surface area (Å²) in [5.74, 6) is -0.282. The SMILES string of the molecule is CCCCOC(=O)c1ccc(N=Cc2cc(C)n(-c3ccccc3)c2C)cc1. The van der Waals surface area contributed by atoms with Gasteiger partial charge in [0.15, 0.2) is 0 Å². The van der Waals surface area contributed by atoms with Crippen LogP contribution in [0.1, 0.15) is 47.1 Å². The summed E-state index contributed by atoms with van der Waals surface area (Å²) in [5.41, 5.74) is 5.87. The van der Waals surface area contributed by atoms with Gasteiger partial charge in [-0.1, -0.05) is 31.5 Å². The molecule has 0 aliphatic rings. The van der Waals surface area contributed by atoms with E-state index in [9.17, 15) is 4.79 Å². The van der Waals surface area contributed by atoms with Crippen LogP contribution in [0.25, 0.3) is 5.69 Å². The van der Waals surface area contributed by atoms with Crippen LogP contribution in [0.3, 0.4) is 0 Å². The Morgan fingerprint density at radius 1 is 1.07 bits per heavy atom. The van der Waals surface area contributed by atoms with Crippen LogP contribution in [-0.2, 0) is 4.74 Å². The number of aryl methyl sites for hydroxylation is 1. The van der Waals surface area contributed by atoms with Crippen molar-refractivity contribution >= 4 is 17.9 Å². The van der Waals surface area contributed by atoms with Gasteiger partial charge in [-0.15, -0.1) is 0 Å². The van der Waals surface area contributed by atoms with Crippen molar-refractivity contribution < 1.29 is 9.53 Å². The highest BCUT2D eigenvalue weighted by Crippen LogP contribution is 2.21. The molecular formula is C24H26N2O2. The van der Waals surface area contributed by atoms with Crippen molar-refractivity contribution in [1.82, 2.24) is 4.57 Å². The van der Waals surface area contributed by atoms with Gasteiger partial charge in [0.1, 0.15) is 0 Å². The van der Waals surface area contributed by atoms with Crippen molar-refractivity contribution in [1.29, 1.82) is 0 Å². The van der Waals surface area contributed by atoms with E-state index in [1.807, 2.05) is 36.5 Å². The molecule has 3 aromatic rings. The quantitative estimate of drug-likeness (QED) is 0.298. The monoisotopic (exact) mass is 374 g/mol. The Kier molecular flexibility index (Phi) is 6.43. The molecule has 0 atom stereocenters. The topological polar surface area (TPSA) is 43.6 Å². The maximum atomic E-state index is 12.0. The Morgan fingerprint density at radius 3 is 2.46 bits per heavy atom. The molecule has 1 heterocycles. The largest absolute Gasteiger partial charge is 0.462 e. The Balaban J connectivity index is 1.73. The molecule has 0 saturated carbocycles. The number of esters is 1. The number of aliphatic imine (C=N–C) groups is 1. The molecule has 0 fully saturated rings. The Bertz CT molecular complexity index is 954. The summed E-state index contributed by atoms with van der Waals surface area (Å²) >= 11 is 0. The number of ether oxygens (including phenoxy) is 1. The van der Waals surface area contributed by atoms with Crippen LogP contribution in [0.2, 0.25) is 0 Å². The van der Waals surface area contributed by atoms with Crippen LogP contribution < -0.4 is 0 Å². The second-order valence-corrected chi connectivity index (χ2v) is 6.79. The number of benzene rings is 2. The summed E-state index contributed by atoms with van der Waals surface area (Å²) in [6.45, 7) is 6.72. The third-order valence-electron chi connectivity index (χ3n) is 4.67. The molecule has 0 bridgehead atoms. The van der Waals surface area contributed by atoms with Gasteiger partial charge in [0.05, 0.1) is 17.9 Å². The van der Waals surface area contributed by atoms with E-state index in [1.54, 1.807) is 12.1 Å². The molecule has 0 aliphatic carbocycles. The predicted molar refractivity (Wildman–Crippen MR) is 114 cm³/mol. The first-order chi connectivity index (χ1) is 13.6. The van der Waals surface area contributed by atoms with E-state index in [2.05, 4.69) is 48.5 Å². The second-order valence-electron chi connectivity index (χ2n) is 6.79. The lowest BCUT2D eigenvalue weighted by molar-refractivity contribution is 0.0500. The maximum Gasteiger partial charge on any atom is 0.338 e. The van der Waals surface area contributed by atoms with Gasteiger partial charge < -0.3 is 9.30 Å². The number of carbonyl (C=O) groups is 1. The number of aromatic nitrogens is 1. The van der Waals surface area contributed by atoms with Gasteiger partial charge in [0.25, 0.3) is 0 Å². The van der Waals surface area contributed by atoms with E-state index in [4.69, 9.17) is 4.74 Å². The van der Waals surface area contributed by atoms with Crippen LogP contribution in [0.5, 0.6) is 0 Å². The van der Waals surface area contributed by atoms with Gasteiger partial charge in [-0.25, -0.2) is 4.79 Å². The highest BCUT2D eigenvalue weighted by molar-refractivity contribution is 5.90. The van der Waals surface area contributed by atoms with Crippen molar-refractivity contribution in [2.75, 3.05) is 6.61 Å². The van der Waals surface area contributed by atoms with Crippen LogP contribution in [0, 0.1) is 13.8 Å². The fourth-order valence-electron chi connectivity index (χ4n) is 3.11. The lowest BCUT2D eigenvalue weighted by Crippen LogP contribution is -2.05. The zero-order valence-electron chi connectivity index (χ0n) is 16.7. The zero-order valence-corrected chi connectivity index (χ0v) is 16.7. The summed E-state index contributed by atoms with van der Waals surface area (Å²) in [5, 5.41) is 0. The van der Waals surface area contributed by atoms with E-state index in [0.717, 1.165) is 41.2 Å². The van der Waals surface area contributed by atoms with Crippen LogP contribution >= 0.6 is 0 Å². The van der Waals surface area contributed by atoms with Crippen LogP contribution in [-0.4, -0.2) is 23.4 Å². The minimum atomic E-state index is -0.282. The molecule has 2 aromatic carbocycles. The fourth-order valence-corrected chi connectivity index (χ4v) is 3.11. The van der Waals surface area contributed by atoms with Crippen molar-refractivity contribution in [2.24, 2.45) is 4.99 Å². The summed E-state index contributed by atoms with van der Waals surface area (Å²) in [7, 11) is 0. The molecule has 0 radical (unpaired) electrons. The lowest BCUT2D eigenvalue weighted by Gasteiger charge is -2.09. The van der Waals surface area contributed by atoms with Crippen LogP contribution in [0.15, 0.2) is 65.7 Å². The van der Waals surface area contributed by atoms with Gasteiger partial charge in [-0.3, -0.25) is 4.99 Å². The molecular weight excluding hydrogens is 348 g/mol. The normalized spacial score (nSPS) is 11.1. The molecule has 0 spiro atoms. The van der Waals surface area contributed by atoms with Gasteiger partial charge in [-0.05, 0) is 62.7 Å². The lowest BCUT2D eigenvalue weighted by atomic mass is 10.2. The van der Waals surface area contributed by atoms with E-state index in [0.29, 0.717) is 12.2 Å². The number of unbranched alkanes of at least 4 members (excludes halogenated alkanes) is 1. The average molecular weight is 374 g/mol. The maximum absolute atomic E-state index is 12.0. The molecule has 0 unspecified atom stereocenters. The number of rotatable bonds is 7. The fraction of sp³-hybridized carbons (Fsp3) is 0.250. The molecule has 144 valence electrons. The predicted octanol–water partition coefficient (Wildman–Crippen LogP) is 5.80.